The van der Waals surface area contributed by atoms with E-state index in [0.717, 1.165) is 16.7 Å². The fourth-order valence-electron chi connectivity index (χ4n) is 9.15. The van der Waals surface area contributed by atoms with Gasteiger partial charge in [-0.2, -0.15) is 0 Å². The van der Waals surface area contributed by atoms with E-state index in [9.17, 15) is 0 Å². The van der Waals surface area contributed by atoms with Gasteiger partial charge in [-0.1, -0.05) is 166 Å². The van der Waals surface area contributed by atoms with Crippen LogP contribution in [-0.2, 0) is 0 Å². The summed E-state index contributed by atoms with van der Waals surface area (Å²) in [6, 6.07) is 59.4. The highest BCUT2D eigenvalue weighted by Crippen LogP contribution is 2.40. The van der Waals surface area contributed by atoms with Gasteiger partial charge in [0.1, 0.15) is 16.1 Å². The predicted molar refractivity (Wildman–Crippen MR) is 231 cm³/mol. The summed E-state index contributed by atoms with van der Waals surface area (Å²) in [6.45, 7) is 9.94. The molecular formula is C49H39N3Si2. The second-order valence-corrected chi connectivity index (χ2v) is 24.2. The molecular weight excluding hydrogens is 687 g/mol. The van der Waals surface area contributed by atoms with E-state index in [4.69, 9.17) is 15.0 Å². The third kappa shape index (κ3) is 5.03. The molecule has 5 heteroatoms. The minimum Gasteiger partial charge on any atom is -0.208 e. The van der Waals surface area contributed by atoms with Gasteiger partial charge in [0.25, 0.3) is 0 Å². The SMILES string of the molecule is C[Si]1(C)c2ccccc2-c2cc(-c3nc(-c4ccccc4)nc(-c4cc(-c5ccccc5)c5c(c4)-c4ccccc4[Si]5(C)C)n3)cc(-c3ccccc3)c21. The minimum atomic E-state index is -2.00. The zero-order valence-electron chi connectivity index (χ0n) is 30.9. The minimum absolute atomic E-state index is 0.671. The Morgan fingerprint density at radius 2 is 0.611 bits per heavy atom. The zero-order chi connectivity index (χ0) is 36.6. The lowest BCUT2D eigenvalue weighted by atomic mass is 9.95. The van der Waals surface area contributed by atoms with Crippen molar-refractivity contribution in [2.24, 2.45) is 0 Å². The van der Waals surface area contributed by atoms with Gasteiger partial charge in [0.05, 0.1) is 0 Å². The smallest absolute Gasteiger partial charge is 0.164 e. The van der Waals surface area contributed by atoms with Crippen molar-refractivity contribution in [2.45, 2.75) is 26.2 Å². The molecule has 54 heavy (non-hydrogen) atoms. The summed E-state index contributed by atoms with van der Waals surface area (Å²) in [5, 5.41) is 5.92. The second-order valence-electron chi connectivity index (χ2n) is 15.6. The molecule has 10 rings (SSSR count). The molecule has 0 radical (unpaired) electrons. The topological polar surface area (TPSA) is 38.7 Å². The van der Waals surface area contributed by atoms with Crippen molar-refractivity contribution in [2.75, 3.05) is 0 Å². The molecule has 2 aliphatic heterocycles. The van der Waals surface area contributed by atoms with Crippen molar-refractivity contribution in [3.63, 3.8) is 0 Å². The van der Waals surface area contributed by atoms with Gasteiger partial charge in [0.15, 0.2) is 17.5 Å². The number of nitrogens with zero attached hydrogens (tertiary/aromatic N) is 3. The molecule has 0 fully saturated rings. The Bertz CT molecular complexity index is 2590. The number of fused-ring (bicyclic) bond motifs is 6. The highest BCUT2D eigenvalue weighted by Gasteiger charge is 2.41. The summed E-state index contributed by atoms with van der Waals surface area (Å²) in [4.78, 5) is 15.9. The number of rotatable bonds is 5. The van der Waals surface area contributed by atoms with Gasteiger partial charge >= 0.3 is 0 Å². The second kappa shape index (κ2) is 12.3. The lowest BCUT2D eigenvalue weighted by Gasteiger charge is -2.23. The lowest BCUT2D eigenvalue weighted by molar-refractivity contribution is 1.07. The number of hydrogen-bond donors (Lipinski definition) is 0. The van der Waals surface area contributed by atoms with E-state index >= 15 is 0 Å². The van der Waals surface area contributed by atoms with E-state index in [1.807, 2.05) is 6.07 Å². The Kier molecular flexibility index (Phi) is 7.41. The summed E-state index contributed by atoms with van der Waals surface area (Å²) in [7, 11) is -4.00. The van der Waals surface area contributed by atoms with Crippen LogP contribution in [0.2, 0.25) is 26.2 Å². The Hall–Kier alpha value is -6.02. The number of benzene rings is 7. The molecule has 0 unspecified atom stereocenters. The maximum Gasteiger partial charge on any atom is 0.164 e. The largest absolute Gasteiger partial charge is 0.208 e. The molecule has 0 spiro atoms. The zero-order valence-corrected chi connectivity index (χ0v) is 32.9. The van der Waals surface area contributed by atoms with Gasteiger partial charge < -0.3 is 0 Å². The number of aromatic nitrogens is 3. The van der Waals surface area contributed by atoms with Crippen LogP contribution in [0, 0.1) is 0 Å². The summed E-state index contributed by atoms with van der Waals surface area (Å²) in [6.07, 6.45) is 0. The fourth-order valence-corrected chi connectivity index (χ4v) is 16.0. The quantitative estimate of drug-likeness (QED) is 0.166. The summed E-state index contributed by atoms with van der Waals surface area (Å²) in [5.74, 6) is 2.03. The van der Waals surface area contributed by atoms with Crippen molar-refractivity contribution in [1.82, 2.24) is 15.0 Å². The summed E-state index contributed by atoms with van der Waals surface area (Å²) < 4.78 is 0. The molecule has 0 saturated heterocycles. The van der Waals surface area contributed by atoms with Crippen LogP contribution in [0.15, 0.2) is 164 Å². The van der Waals surface area contributed by atoms with Crippen molar-refractivity contribution >= 4 is 36.9 Å². The van der Waals surface area contributed by atoms with E-state index < -0.39 is 16.1 Å². The molecule has 8 aromatic rings. The highest BCUT2D eigenvalue weighted by atomic mass is 28.3. The van der Waals surface area contributed by atoms with Crippen LogP contribution in [-0.4, -0.2) is 31.1 Å². The van der Waals surface area contributed by atoms with Crippen LogP contribution >= 0.6 is 0 Å². The average Bonchev–Trinajstić information content (AvgIpc) is 3.60. The Labute approximate surface area is 319 Å². The lowest BCUT2D eigenvalue weighted by Crippen LogP contribution is -2.50. The molecule has 7 aromatic carbocycles. The van der Waals surface area contributed by atoms with Crippen LogP contribution in [0.1, 0.15) is 0 Å². The van der Waals surface area contributed by atoms with Gasteiger partial charge in [0.2, 0.25) is 0 Å². The number of hydrogen-bond acceptors (Lipinski definition) is 3. The van der Waals surface area contributed by atoms with Crippen LogP contribution in [0.4, 0.5) is 0 Å². The third-order valence-corrected chi connectivity index (χ3v) is 18.8. The third-order valence-electron chi connectivity index (χ3n) is 11.7. The van der Waals surface area contributed by atoms with E-state index in [1.54, 1.807) is 0 Å². The first-order valence-corrected chi connectivity index (χ1v) is 24.8. The van der Waals surface area contributed by atoms with Gasteiger partial charge in [-0.05, 0) is 89.5 Å². The fraction of sp³-hybridized carbons (Fsp3) is 0.0816. The Morgan fingerprint density at radius 3 is 1.02 bits per heavy atom. The first kappa shape index (κ1) is 32.6. The van der Waals surface area contributed by atoms with Crippen LogP contribution in [0.25, 0.3) is 78.7 Å². The van der Waals surface area contributed by atoms with E-state index in [0.29, 0.717) is 17.5 Å². The molecule has 3 heterocycles. The van der Waals surface area contributed by atoms with Gasteiger partial charge in [0, 0.05) is 16.7 Å². The van der Waals surface area contributed by atoms with Gasteiger partial charge in [-0.25, -0.2) is 15.0 Å². The van der Waals surface area contributed by atoms with Crippen LogP contribution in [0.3, 0.4) is 0 Å². The molecule has 2 aliphatic rings. The molecule has 0 bridgehead atoms. The Morgan fingerprint density at radius 1 is 0.296 bits per heavy atom. The van der Waals surface area contributed by atoms with Gasteiger partial charge in [-0.15, -0.1) is 0 Å². The first-order chi connectivity index (χ1) is 26.3. The van der Waals surface area contributed by atoms with E-state index in [-0.39, 0.29) is 0 Å². The molecule has 0 N–H and O–H groups in total. The molecule has 0 saturated carbocycles. The summed E-state index contributed by atoms with van der Waals surface area (Å²) >= 11 is 0. The van der Waals surface area contributed by atoms with Crippen molar-refractivity contribution < 1.29 is 0 Å². The maximum absolute atomic E-state index is 5.41. The van der Waals surface area contributed by atoms with E-state index in [2.05, 4.69) is 184 Å². The predicted octanol–water partition coefficient (Wildman–Crippen LogP) is 9.81. The van der Waals surface area contributed by atoms with Crippen molar-refractivity contribution in [3.8, 4) is 78.7 Å². The molecule has 0 atom stereocenters. The molecule has 3 nitrogen and oxygen atoms in total. The normalized spacial score (nSPS) is 14.2. The Balaban J connectivity index is 1.25. The average molecular weight is 726 g/mol. The molecule has 1 aromatic heterocycles. The maximum atomic E-state index is 5.41. The monoisotopic (exact) mass is 725 g/mol. The van der Waals surface area contributed by atoms with E-state index in [1.165, 1.54) is 65.3 Å². The van der Waals surface area contributed by atoms with Crippen molar-refractivity contribution in [1.29, 1.82) is 0 Å². The van der Waals surface area contributed by atoms with Crippen LogP contribution < -0.4 is 20.7 Å². The molecule has 0 aliphatic carbocycles. The molecule has 0 amide bonds. The van der Waals surface area contributed by atoms with Gasteiger partial charge in [-0.3, -0.25) is 0 Å². The molecule has 258 valence electrons. The van der Waals surface area contributed by atoms with Crippen LogP contribution in [0.5, 0.6) is 0 Å². The summed E-state index contributed by atoms with van der Waals surface area (Å²) in [5.41, 5.74) is 13.2. The standard InChI is InChI=1S/C49H39N3Si2/c1-53(2)43-26-16-14-24-37(43)41-30-35(28-39(45(41)53)32-18-8-5-9-19-32)48-50-47(34-22-12-7-13-23-34)51-49(52-48)36-29-40(33-20-10-6-11-21-33)46-42(31-36)38-25-15-17-27-44(38)54(46,3)4/h5-31H,1-4H3. The van der Waals surface area contributed by atoms with Crippen molar-refractivity contribution in [3.05, 3.63) is 164 Å². The first-order valence-electron chi connectivity index (χ1n) is 18.8. The highest BCUT2D eigenvalue weighted by molar-refractivity contribution is 7.05.